The van der Waals surface area contributed by atoms with Gasteiger partial charge in [-0.2, -0.15) is 0 Å². The first-order chi connectivity index (χ1) is 10.1. The number of hydrogen-bond acceptors (Lipinski definition) is 4. The highest BCUT2D eigenvalue weighted by molar-refractivity contribution is 9.10. The molecule has 0 bridgehead atoms. The maximum absolute atomic E-state index is 10.2. The Hall–Kier alpha value is -1.72. The number of ether oxygens (including phenoxy) is 2. The molecule has 0 aliphatic carbocycles. The van der Waals surface area contributed by atoms with Gasteiger partial charge in [-0.15, -0.1) is 0 Å². The Morgan fingerprint density at radius 3 is 2.38 bits per heavy atom. The van der Waals surface area contributed by atoms with Crippen LogP contribution in [-0.4, -0.2) is 25.9 Å². The summed E-state index contributed by atoms with van der Waals surface area (Å²) in [5.41, 5.74) is 1.76. The largest absolute Gasteiger partial charge is 0.497 e. The van der Waals surface area contributed by atoms with Crippen molar-refractivity contribution in [1.82, 2.24) is 0 Å². The average molecular weight is 352 g/mol. The van der Waals surface area contributed by atoms with Gasteiger partial charge < -0.3 is 19.9 Å². The molecule has 5 heteroatoms. The van der Waals surface area contributed by atoms with Gasteiger partial charge in [0.1, 0.15) is 11.5 Å². The summed E-state index contributed by atoms with van der Waals surface area (Å²) >= 11 is 3.43. The lowest BCUT2D eigenvalue weighted by molar-refractivity contribution is 0.191. The average Bonchev–Trinajstić information content (AvgIpc) is 2.52. The van der Waals surface area contributed by atoms with Crippen molar-refractivity contribution in [3.05, 3.63) is 52.5 Å². The number of benzene rings is 2. The third-order valence-electron chi connectivity index (χ3n) is 3.15. The molecule has 2 N–H and O–H groups in total. The minimum atomic E-state index is -0.586. The summed E-state index contributed by atoms with van der Waals surface area (Å²) in [7, 11) is 3.25. The van der Waals surface area contributed by atoms with Gasteiger partial charge in [-0.05, 0) is 51.8 Å². The van der Waals surface area contributed by atoms with Crippen LogP contribution in [0.5, 0.6) is 11.5 Å². The number of nitrogens with one attached hydrogen (secondary N) is 1. The molecule has 2 rings (SSSR count). The summed E-state index contributed by atoms with van der Waals surface area (Å²) in [6.07, 6.45) is -0.586. The summed E-state index contributed by atoms with van der Waals surface area (Å²) in [5, 5.41) is 13.4. The van der Waals surface area contributed by atoms with Gasteiger partial charge in [0.05, 0.1) is 24.8 Å². The first kappa shape index (κ1) is 15.7. The van der Waals surface area contributed by atoms with Crippen molar-refractivity contribution in [3.8, 4) is 11.5 Å². The van der Waals surface area contributed by atoms with Crippen molar-refractivity contribution >= 4 is 21.6 Å². The number of hydrogen-bond donors (Lipinski definition) is 2. The zero-order chi connectivity index (χ0) is 15.2. The van der Waals surface area contributed by atoms with Gasteiger partial charge >= 0.3 is 0 Å². The van der Waals surface area contributed by atoms with Gasteiger partial charge in [-0.3, -0.25) is 0 Å². The van der Waals surface area contributed by atoms with E-state index in [1.807, 2.05) is 42.5 Å². The van der Waals surface area contributed by atoms with E-state index in [-0.39, 0.29) is 0 Å². The number of rotatable bonds is 6. The van der Waals surface area contributed by atoms with Crippen molar-refractivity contribution < 1.29 is 14.6 Å². The number of halogens is 1. The molecule has 0 amide bonds. The predicted molar refractivity (Wildman–Crippen MR) is 87.1 cm³/mol. The summed E-state index contributed by atoms with van der Waals surface area (Å²) in [6, 6.07) is 13.1. The Bertz CT molecular complexity index is 587. The molecular weight excluding hydrogens is 334 g/mol. The number of aliphatic hydroxyl groups is 1. The van der Waals surface area contributed by atoms with E-state index in [4.69, 9.17) is 9.47 Å². The monoisotopic (exact) mass is 351 g/mol. The number of methoxy groups -OCH3 is 2. The van der Waals surface area contributed by atoms with Crippen LogP contribution in [0.2, 0.25) is 0 Å². The molecule has 4 nitrogen and oxygen atoms in total. The lowest BCUT2D eigenvalue weighted by Gasteiger charge is -2.14. The van der Waals surface area contributed by atoms with Gasteiger partial charge in [-0.1, -0.05) is 12.1 Å². The van der Waals surface area contributed by atoms with Crippen LogP contribution in [0.15, 0.2) is 46.9 Å². The van der Waals surface area contributed by atoms with E-state index < -0.39 is 6.10 Å². The van der Waals surface area contributed by atoms with Crippen LogP contribution in [0.3, 0.4) is 0 Å². The molecule has 0 spiro atoms. The normalized spacial score (nSPS) is 11.8. The minimum Gasteiger partial charge on any atom is -0.497 e. The topological polar surface area (TPSA) is 50.7 Å². The van der Waals surface area contributed by atoms with Crippen LogP contribution in [0.25, 0.3) is 0 Å². The summed E-state index contributed by atoms with van der Waals surface area (Å²) in [6.45, 7) is 0.422. The van der Waals surface area contributed by atoms with E-state index in [1.165, 1.54) is 0 Å². The molecule has 0 saturated carbocycles. The highest BCUT2D eigenvalue weighted by atomic mass is 79.9. The third kappa shape index (κ3) is 4.12. The molecule has 1 unspecified atom stereocenters. The van der Waals surface area contributed by atoms with Gasteiger partial charge in [0, 0.05) is 12.2 Å². The van der Waals surface area contributed by atoms with Crippen LogP contribution < -0.4 is 14.8 Å². The first-order valence-corrected chi connectivity index (χ1v) is 7.32. The molecule has 0 heterocycles. The fraction of sp³-hybridized carbons (Fsp3) is 0.250. The molecule has 2 aromatic carbocycles. The Morgan fingerprint density at radius 2 is 1.81 bits per heavy atom. The number of aliphatic hydroxyl groups excluding tert-OH is 1. The second-order valence-corrected chi connectivity index (χ2v) is 5.37. The molecule has 112 valence electrons. The second-order valence-electron chi connectivity index (χ2n) is 4.52. The smallest absolute Gasteiger partial charge is 0.133 e. The van der Waals surface area contributed by atoms with Crippen molar-refractivity contribution in [1.29, 1.82) is 0 Å². The van der Waals surface area contributed by atoms with Crippen molar-refractivity contribution in [3.63, 3.8) is 0 Å². The fourth-order valence-corrected chi connectivity index (χ4v) is 2.48. The Morgan fingerprint density at radius 1 is 1.10 bits per heavy atom. The molecule has 21 heavy (non-hydrogen) atoms. The highest BCUT2D eigenvalue weighted by Gasteiger charge is 2.08. The summed E-state index contributed by atoms with van der Waals surface area (Å²) in [4.78, 5) is 0. The van der Waals surface area contributed by atoms with Crippen molar-refractivity contribution in [2.45, 2.75) is 6.10 Å². The molecule has 0 fully saturated rings. The van der Waals surface area contributed by atoms with E-state index in [1.54, 1.807) is 14.2 Å². The van der Waals surface area contributed by atoms with Crippen LogP contribution in [0.4, 0.5) is 5.69 Å². The first-order valence-electron chi connectivity index (χ1n) is 6.53. The molecule has 0 aliphatic rings. The van der Waals surface area contributed by atoms with Crippen molar-refractivity contribution in [2.24, 2.45) is 0 Å². The van der Waals surface area contributed by atoms with Gasteiger partial charge in [0.25, 0.3) is 0 Å². The molecular formula is C16H18BrNO3. The Balaban J connectivity index is 1.96. The predicted octanol–water partition coefficient (Wildman–Crippen LogP) is 3.61. The van der Waals surface area contributed by atoms with Crippen LogP contribution >= 0.6 is 15.9 Å². The van der Waals surface area contributed by atoms with Gasteiger partial charge in [-0.25, -0.2) is 0 Å². The van der Waals surface area contributed by atoms with E-state index in [2.05, 4.69) is 21.2 Å². The third-order valence-corrected chi connectivity index (χ3v) is 3.77. The molecule has 0 saturated heterocycles. The van der Waals surface area contributed by atoms with Gasteiger partial charge in [0.2, 0.25) is 0 Å². The molecule has 1 atom stereocenters. The Labute approximate surface area is 132 Å². The second kappa shape index (κ2) is 7.33. The Kier molecular flexibility index (Phi) is 5.47. The molecule has 0 radical (unpaired) electrons. The van der Waals surface area contributed by atoms with E-state index in [0.29, 0.717) is 6.54 Å². The fourth-order valence-electron chi connectivity index (χ4n) is 1.93. The summed E-state index contributed by atoms with van der Waals surface area (Å²) in [5.74, 6) is 1.55. The minimum absolute atomic E-state index is 0.422. The van der Waals surface area contributed by atoms with E-state index in [0.717, 1.165) is 27.2 Å². The molecule has 0 aliphatic heterocycles. The summed E-state index contributed by atoms with van der Waals surface area (Å²) < 4.78 is 11.1. The number of anilines is 1. The zero-order valence-corrected chi connectivity index (χ0v) is 13.6. The van der Waals surface area contributed by atoms with Crippen molar-refractivity contribution in [2.75, 3.05) is 26.1 Å². The maximum atomic E-state index is 10.2. The highest BCUT2D eigenvalue weighted by Crippen LogP contribution is 2.28. The SMILES string of the molecule is COc1ccc(C(O)CNc2ccc(OC)c(Br)c2)cc1. The maximum Gasteiger partial charge on any atom is 0.133 e. The van der Waals surface area contributed by atoms with Crippen LogP contribution in [0, 0.1) is 0 Å². The molecule has 2 aromatic rings. The molecule has 0 aromatic heterocycles. The quantitative estimate of drug-likeness (QED) is 0.834. The van der Waals surface area contributed by atoms with Gasteiger partial charge in [0.15, 0.2) is 0 Å². The lowest BCUT2D eigenvalue weighted by atomic mass is 10.1. The van der Waals surface area contributed by atoms with E-state index >= 15 is 0 Å². The zero-order valence-electron chi connectivity index (χ0n) is 12.0. The van der Waals surface area contributed by atoms with E-state index in [9.17, 15) is 5.11 Å². The van der Waals surface area contributed by atoms with Crippen LogP contribution in [-0.2, 0) is 0 Å². The standard InChI is InChI=1S/C16H18BrNO3/c1-20-13-6-3-11(4-7-13)15(19)10-18-12-5-8-16(21-2)14(17)9-12/h3-9,15,18-19H,10H2,1-2H3. The lowest BCUT2D eigenvalue weighted by Crippen LogP contribution is -2.12. The van der Waals surface area contributed by atoms with Crippen LogP contribution in [0.1, 0.15) is 11.7 Å².